The molecule has 0 aliphatic carbocycles. The lowest BCUT2D eigenvalue weighted by Gasteiger charge is -2.37. The Kier molecular flexibility index (Phi) is 5.31. The summed E-state index contributed by atoms with van der Waals surface area (Å²) in [5, 5.41) is 2.86. The molecule has 1 aromatic heterocycles. The summed E-state index contributed by atoms with van der Waals surface area (Å²) in [6, 6.07) is 11.6. The summed E-state index contributed by atoms with van der Waals surface area (Å²) in [5.74, 6) is -0.829. The van der Waals surface area contributed by atoms with Crippen LogP contribution in [0.2, 0.25) is 0 Å². The molecule has 0 saturated carbocycles. The van der Waals surface area contributed by atoms with E-state index in [1.54, 1.807) is 30.2 Å². The van der Waals surface area contributed by atoms with Gasteiger partial charge in [0.1, 0.15) is 11.5 Å². The number of benzene rings is 2. The van der Waals surface area contributed by atoms with Crippen molar-refractivity contribution in [1.82, 2.24) is 9.47 Å². The molecule has 0 spiro atoms. The third kappa shape index (κ3) is 3.56. The van der Waals surface area contributed by atoms with Crippen LogP contribution in [0.15, 0.2) is 54.7 Å². The Morgan fingerprint density at radius 2 is 1.87 bits per heavy atom. The normalized spacial score (nSPS) is 15.5. The highest BCUT2D eigenvalue weighted by molar-refractivity contribution is 5.91. The molecule has 0 unspecified atom stereocenters. The summed E-state index contributed by atoms with van der Waals surface area (Å²) in [4.78, 5) is 14.8. The Labute approximate surface area is 172 Å². The molecule has 1 aliphatic heterocycles. The number of rotatable bonds is 4. The second-order valence-electron chi connectivity index (χ2n) is 6.89. The summed E-state index contributed by atoms with van der Waals surface area (Å²) in [6.07, 6.45) is 1.91. The van der Waals surface area contributed by atoms with Crippen LogP contribution in [0, 0.1) is 11.6 Å². The highest BCUT2D eigenvalue weighted by Gasteiger charge is 2.33. The maximum Gasteiger partial charge on any atom is 0.322 e. The Morgan fingerprint density at radius 3 is 2.60 bits per heavy atom. The van der Waals surface area contributed by atoms with Gasteiger partial charge in [0.15, 0.2) is 11.6 Å². The molecular formula is C22H21F2N3O3. The number of nitrogens with zero attached hydrogens (tertiary/aromatic N) is 2. The summed E-state index contributed by atoms with van der Waals surface area (Å²) in [5.41, 5.74) is 1.79. The van der Waals surface area contributed by atoms with Crippen molar-refractivity contribution >= 4 is 11.7 Å². The molecule has 0 saturated heterocycles. The quantitative estimate of drug-likeness (QED) is 0.689. The van der Waals surface area contributed by atoms with E-state index < -0.39 is 17.7 Å². The van der Waals surface area contributed by atoms with Gasteiger partial charge in [-0.1, -0.05) is 6.07 Å². The molecule has 0 bridgehead atoms. The van der Waals surface area contributed by atoms with Crippen LogP contribution in [-0.4, -0.2) is 36.3 Å². The van der Waals surface area contributed by atoms with E-state index in [1.807, 2.05) is 22.9 Å². The molecule has 8 heteroatoms. The highest BCUT2D eigenvalue weighted by Crippen LogP contribution is 2.35. The average molecular weight is 413 g/mol. The second kappa shape index (κ2) is 8.06. The van der Waals surface area contributed by atoms with E-state index in [0.717, 1.165) is 17.8 Å². The number of carbonyl (C=O) groups excluding carboxylic acids is 1. The van der Waals surface area contributed by atoms with E-state index in [4.69, 9.17) is 9.47 Å². The lowest BCUT2D eigenvalue weighted by molar-refractivity contribution is 0.181. The first-order chi connectivity index (χ1) is 14.5. The van der Waals surface area contributed by atoms with Gasteiger partial charge in [0.2, 0.25) is 0 Å². The number of anilines is 1. The Balaban J connectivity index is 1.68. The fourth-order valence-electron chi connectivity index (χ4n) is 3.72. The van der Waals surface area contributed by atoms with Gasteiger partial charge in [-0.05, 0) is 42.0 Å². The minimum Gasteiger partial charge on any atom is -0.497 e. The standard InChI is InChI=1S/C22H21F2N3O3/c1-29-15-6-8-18(20(13-15)30-2)25-22(28)27-11-10-26-9-3-4-19(26)21(27)14-5-7-16(23)17(24)12-14/h3-9,12-13,21H,10-11H2,1-2H3,(H,25,28)/t21-/m1/s1. The van der Waals surface area contributed by atoms with Gasteiger partial charge < -0.3 is 24.3 Å². The fourth-order valence-corrected chi connectivity index (χ4v) is 3.72. The summed E-state index contributed by atoms with van der Waals surface area (Å²) < 4.78 is 40.0. The average Bonchev–Trinajstić information content (AvgIpc) is 3.24. The lowest BCUT2D eigenvalue weighted by Crippen LogP contribution is -2.44. The molecule has 4 rings (SSSR count). The minimum atomic E-state index is -0.951. The molecule has 2 heterocycles. The predicted octanol–water partition coefficient (Wildman–Crippen LogP) is 4.42. The molecule has 30 heavy (non-hydrogen) atoms. The second-order valence-corrected chi connectivity index (χ2v) is 6.89. The Bertz CT molecular complexity index is 1080. The third-order valence-electron chi connectivity index (χ3n) is 5.21. The maximum atomic E-state index is 14.0. The first-order valence-electron chi connectivity index (χ1n) is 9.41. The molecule has 2 amide bonds. The van der Waals surface area contributed by atoms with Crippen LogP contribution in [0.5, 0.6) is 11.5 Å². The summed E-state index contributed by atoms with van der Waals surface area (Å²) in [7, 11) is 3.05. The number of urea groups is 1. The van der Waals surface area contributed by atoms with Crippen LogP contribution in [0.1, 0.15) is 17.3 Å². The molecule has 0 radical (unpaired) electrons. The molecule has 0 fully saturated rings. The van der Waals surface area contributed by atoms with Crippen molar-refractivity contribution in [3.8, 4) is 11.5 Å². The lowest BCUT2D eigenvalue weighted by atomic mass is 10.00. The van der Waals surface area contributed by atoms with Crippen molar-refractivity contribution in [2.75, 3.05) is 26.1 Å². The zero-order valence-corrected chi connectivity index (χ0v) is 16.6. The summed E-state index contributed by atoms with van der Waals surface area (Å²) in [6.45, 7) is 0.991. The molecule has 2 aromatic carbocycles. The van der Waals surface area contributed by atoms with Crippen molar-refractivity contribution in [2.45, 2.75) is 12.6 Å². The van der Waals surface area contributed by atoms with Gasteiger partial charge >= 0.3 is 6.03 Å². The van der Waals surface area contributed by atoms with Gasteiger partial charge in [-0.2, -0.15) is 0 Å². The van der Waals surface area contributed by atoms with Gasteiger partial charge in [0.25, 0.3) is 0 Å². The van der Waals surface area contributed by atoms with Crippen molar-refractivity contribution in [3.63, 3.8) is 0 Å². The Hall–Kier alpha value is -3.55. The number of carbonyl (C=O) groups is 1. The van der Waals surface area contributed by atoms with Crippen molar-refractivity contribution in [3.05, 3.63) is 77.6 Å². The van der Waals surface area contributed by atoms with Crippen LogP contribution in [0.4, 0.5) is 19.3 Å². The smallest absolute Gasteiger partial charge is 0.322 e. The van der Waals surface area contributed by atoms with Crippen molar-refractivity contribution in [2.24, 2.45) is 0 Å². The molecule has 1 atom stereocenters. The number of hydrogen-bond donors (Lipinski definition) is 1. The van der Waals surface area contributed by atoms with E-state index in [-0.39, 0.29) is 6.03 Å². The van der Waals surface area contributed by atoms with Crippen LogP contribution in [-0.2, 0) is 6.54 Å². The van der Waals surface area contributed by atoms with E-state index in [2.05, 4.69) is 5.32 Å². The zero-order chi connectivity index (χ0) is 21.3. The van der Waals surface area contributed by atoms with E-state index in [1.165, 1.54) is 13.2 Å². The SMILES string of the molecule is COc1ccc(NC(=O)N2CCn3cccc3[C@H]2c2ccc(F)c(F)c2)c(OC)c1. The molecule has 1 N–H and O–H groups in total. The van der Waals surface area contributed by atoms with Crippen molar-refractivity contribution in [1.29, 1.82) is 0 Å². The number of nitrogens with one attached hydrogen (secondary N) is 1. The number of methoxy groups -OCH3 is 2. The number of amides is 2. The predicted molar refractivity (Wildman–Crippen MR) is 108 cm³/mol. The maximum absolute atomic E-state index is 14.0. The first kappa shape index (κ1) is 19.8. The van der Waals surface area contributed by atoms with E-state index in [9.17, 15) is 13.6 Å². The topological polar surface area (TPSA) is 55.7 Å². The van der Waals surface area contributed by atoms with Gasteiger partial charge in [-0.3, -0.25) is 0 Å². The number of fused-ring (bicyclic) bond motifs is 1. The number of hydrogen-bond acceptors (Lipinski definition) is 3. The van der Waals surface area contributed by atoms with Crippen LogP contribution in [0.25, 0.3) is 0 Å². The summed E-state index contributed by atoms with van der Waals surface area (Å²) >= 11 is 0. The van der Waals surface area contributed by atoms with Crippen LogP contribution < -0.4 is 14.8 Å². The number of halogens is 2. The third-order valence-corrected chi connectivity index (χ3v) is 5.21. The van der Waals surface area contributed by atoms with E-state index >= 15 is 0 Å². The van der Waals surface area contributed by atoms with Crippen molar-refractivity contribution < 1.29 is 23.0 Å². The Morgan fingerprint density at radius 1 is 1.03 bits per heavy atom. The monoisotopic (exact) mass is 413 g/mol. The van der Waals surface area contributed by atoms with Crippen LogP contribution >= 0.6 is 0 Å². The van der Waals surface area contributed by atoms with Gasteiger partial charge in [-0.25, -0.2) is 13.6 Å². The minimum absolute atomic E-state index is 0.374. The molecular weight excluding hydrogens is 392 g/mol. The van der Waals surface area contributed by atoms with E-state index in [0.29, 0.717) is 35.8 Å². The van der Waals surface area contributed by atoms with Gasteiger partial charge in [0.05, 0.1) is 25.9 Å². The number of aromatic nitrogens is 1. The largest absolute Gasteiger partial charge is 0.497 e. The molecule has 156 valence electrons. The number of ether oxygens (including phenoxy) is 2. The first-order valence-corrected chi connectivity index (χ1v) is 9.41. The highest BCUT2D eigenvalue weighted by atomic mass is 19.2. The molecule has 3 aromatic rings. The van der Waals surface area contributed by atoms with Gasteiger partial charge in [0, 0.05) is 31.0 Å². The molecule has 1 aliphatic rings. The fraction of sp³-hybridized carbons (Fsp3) is 0.227. The zero-order valence-electron chi connectivity index (χ0n) is 16.6. The molecule has 6 nitrogen and oxygen atoms in total. The van der Waals surface area contributed by atoms with Crippen LogP contribution in [0.3, 0.4) is 0 Å². The van der Waals surface area contributed by atoms with Gasteiger partial charge in [-0.15, -0.1) is 0 Å².